The molecule has 1 aliphatic rings. The summed E-state index contributed by atoms with van der Waals surface area (Å²) < 4.78 is 46.6. The van der Waals surface area contributed by atoms with Gasteiger partial charge >= 0.3 is 12.1 Å². The number of ether oxygens (including phenoxy) is 2. The number of rotatable bonds is 7. The van der Waals surface area contributed by atoms with Crippen LogP contribution in [0.25, 0.3) is 0 Å². The number of hydrogen-bond acceptors (Lipinski definition) is 4. The summed E-state index contributed by atoms with van der Waals surface area (Å²) in [7, 11) is 0. The van der Waals surface area contributed by atoms with E-state index >= 15 is 0 Å². The summed E-state index contributed by atoms with van der Waals surface area (Å²) in [5, 5.41) is 11.8. The van der Waals surface area contributed by atoms with Gasteiger partial charge in [0.05, 0.1) is 0 Å². The van der Waals surface area contributed by atoms with Crippen LogP contribution in [0, 0.1) is 0 Å². The monoisotopic (exact) mass is 361 g/mol. The Morgan fingerprint density at radius 1 is 1.12 bits per heavy atom. The molecule has 6 nitrogen and oxygen atoms in total. The van der Waals surface area contributed by atoms with E-state index in [1.807, 2.05) is 0 Å². The van der Waals surface area contributed by atoms with Gasteiger partial charge in [0, 0.05) is 0 Å². The van der Waals surface area contributed by atoms with E-state index in [2.05, 4.69) is 10.1 Å². The van der Waals surface area contributed by atoms with Gasteiger partial charge in [-0.1, -0.05) is 25.0 Å². The first-order valence-electron chi connectivity index (χ1n) is 7.68. The zero-order valence-electron chi connectivity index (χ0n) is 13.3. The number of halogens is 3. The minimum Gasteiger partial charge on any atom is -0.480 e. The molecule has 138 valence electrons. The summed E-state index contributed by atoms with van der Waals surface area (Å²) in [6, 6.07) is 5.64. The highest BCUT2D eigenvalue weighted by Gasteiger charge is 2.42. The fourth-order valence-electron chi connectivity index (χ4n) is 2.67. The molecule has 1 amide bonds. The number of carboxylic acids is 1. The second kappa shape index (κ2) is 7.62. The molecule has 0 aliphatic heterocycles. The molecule has 1 aromatic carbocycles. The van der Waals surface area contributed by atoms with E-state index in [0.29, 0.717) is 25.7 Å². The zero-order valence-corrected chi connectivity index (χ0v) is 13.3. The van der Waals surface area contributed by atoms with Crippen molar-refractivity contribution < 1.29 is 37.3 Å². The van der Waals surface area contributed by atoms with Gasteiger partial charge in [0.15, 0.2) is 24.7 Å². The SMILES string of the molecule is O=C(COc1ccccc1OCC(F)(F)F)NC1(C(=O)O)CCCC1. The molecule has 0 bridgehead atoms. The molecular weight excluding hydrogens is 343 g/mol. The summed E-state index contributed by atoms with van der Waals surface area (Å²) in [6.45, 7) is -2.01. The summed E-state index contributed by atoms with van der Waals surface area (Å²) in [5.41, 5.74) is -1.30. The van der Waals surface area contributed by atoms with Gasteiger partial charge in [0.2, 0.25) is 0 Å². The number of hydrogen-bond donors (Lipinski definition) is 2. The van der Waals surface area contributed by atoms with Gasteiger partial charge in [-0.05, 0) is 25.0 Å². The summed E-state index contributed by atoms with van der Waals surface area (Å²) in [5.74, 6) is -1.94. The van der Waals surface area contributed by atoms with Crippen LogP contribution >= 0.6 is 0 Å². The number of aliphatic carboxylic acids is 1. The Kier molecular flexibility index (Phi) is 5.76. The molecule has 1 aliphatic carbocycles. The number of nitrogens with one attached hydrogen (secondary N) is 1. The van der Waals surface area contributed by atoms with Crippen molar-refractivity contribution in [3.63, 3.8) is 0 Å². The number of alkyl halides is 3. The first-order chi connectivity index (χ1) is 11.7. The topological polar surface area (TPSA) is 84.9 Å². The maximum absolute atomic E-state index is 12.2. The van der Waals surface area contributed by atoms with Crippen LogP contribution in [0.3, 0.4) is 0 Å². The fraction of sp³-hybridized carbons (Fsp3) is 0.500. The van der Waals surface area contributed by atoms with Gasteiger partial charge in [0.1, 0.15) is 5.54 Å². The molecule has 0 atom stereocenters. The number of para-hydroxylation sites is 2. The third kappa shape index (κ3) is 5.27. The average molecular weight is 361 g/mol. The third-order valence-corrected chi connectivity index (χ3v) is 3.84. The third-order valence-electron chi connectivity index (χ3n) is 3.84. The zero-order chi connectivity index (χ0) is 18.5. The summed E-state index contributed by atoms with van der Waals surface area (Å²) in [6.07, 6.45) is -2.44. The van der Waals surface area contributed by atoms with Gasteiger partial charge < -0.3 is 19.9 Å². The van der Waals surface area contributed by atoms with E-state index in [9.17, 15) is 27.9 Å². The first kappa shape index (κ1) is 18.9. The average Bonchev–Trinajstić information content (AvgIpc) is 3.01. The van der Waals surface area contributed by atoms with E-state index < -0.39 is 36.8 Å². The van der Waals surface area contributed by atoms with Crippen LogP contribution in [-0.2, 0) is 9.59 Å². The van der Waals surface area contributed by atoms with Gasteiger partial charge in [-0.15, -0.1) is 0 Å². The lowest BCUT2D eigenvalue weighted by Crippen LogP contribution is -2.53. The quantitative estimate of drug-likeness (QED) is 0.780. The maximum Gasteiger partial charge on any atom is 0.422 e. The van der Waals surface area contributed by atoms with E-state index in [-0.39, 0.29) is 11.5 Å². The fourth-order valence-corrected chi connectivity index (χ4v) is 2.67. The Labute approximate surface area is 141 Å². The molecule has 2 N–H and O–H groups in total. The van der Waals surface area contributed by atoms with Crippen LogP contribution in [0.5, 0.6) is 11.5 Å². The molecule has 0 radical (unpaired) electrons. The summed E-state index contributed by atoms with van der Waals surface area (Å²) >= 11 is 0. The number of benzene rings is 1. The smallest absolute Gasteiger partial charge is 0.422 e. The lowest BCUT2D eigenvalue weighted by molar-refractivity contribution is -0.153. The molecule has 1 aromatic rings. The first-order valence-corrected chi connectivity index (χ1v) is 7.68. The molecule has 0 saturated heterocycles. The highest BCUT2D eigenvalue weighted by Crippen LogP contribution is 2.30. The Balaban J connectivity index is 1.94. The van der Waals surface area contributed by atoms with Crippen molar-refractivity contribution in [2.75, 3.05) is 13.2 Å². The number of carbonyl (C=O) groups is 2. The minimum atomic E-state index is -4.50. The van der Waals surface area contributed by atoms with Crippen LogP contribution in [0.2, 0.25) is 0 Å². The molecule has 1 fully saturated rings. The van der Waals surface area contributed by atoms with E-state index in [1.54, 1.807) is 0 Å². The summed E-state index contributed by atoms with van der Waals surface area (Å²) in [4.78, 5) is 23.4. The molecule has 1 saturated carbocycles. The molecule has 0 aromatic heterocycles. The van der Waals surface area contributed by atoms with Crippen LogP contribution in [0.4, 0.5) is 13.2 Å². The normalized spacial score (nSPS) is 16.3. The van der Waals surface area contributed by atoms with E-state index in [0.717, 1.165) is 0 Å². The number of amides is 1. The lowest BCUT2D eigenvalue weighted by atomic mass is 9.98. The predicted octanol–water partition coefficient (Wildman–Crippen LogP) is 2.52. The van der Waals surface area contributed by atoms with Gasteiger partial charge in [0.25, 0.3) is 5.91 Å². The largest absolute Gasteiger partial charge is 0.480 e. The Hall–Kier alpha value is -2.45. The van der Waals surface area contributed by atoms with Crippen LogP contribution < -0.4 is 14.8 Å². The van der Waals surface area contributed by atoms with Crippen molar-refractivity contribution in [2.24, 2.45) is 0 Å². The van der Waals surface area contributed by atoms with Crippen molar-refractivity contribution in [3.05, 3.63) is 24.3 Å². The molecule has 2 rings (SSSR count). The van der Waals surface area contributed by atoms with Crippen LogP contribution in [-0.4, -0.2) is 41.9 Å². The highest BCUT2D eigenvalue weighted by molar-refractivity contribution is 5.88. The van der Waals surface area contributed by atoms with Crippen LogP contribution in [0.1, 0.15) is 25.7 Å². The van der Waals surface area contributed by atoms with Gasteiger partial charge in [-0.25, -0.2) is 4.79 Å². The molecule has 0 unspecified atom stereocenters. The highest BCUT2D eigenvalue weighted by atomic mass is 19.4. The Morgan fingerprint density at radius 2 is 1.68 bits per heavy atom. The Bertz CT molecular complexity index is 626. The van der Waals surface area contributed by atoms with Crippen molar-refractivity contribution in [1.29, 1.82) is 0 Å². The van der Waals surface area contributed by atoms with Crippen LogP contribution in [0.15, 0.2) is 24.3 Å². The maximum atomic E-state index is 12.2. The molecule has 9 heteroatoms. The molecule has 0 spiro atoms. The van der Waals surface area contributed by atoms with Crippen molar-refractivity contribution >= 4 is 11.9 Å². The van der Waals surface area contributed by atoms with Crippen molar-refractivity contribution in [2.45, 2.75) is 37.4 Å². The molecule has 0 heterocycles. The van der Waals surface area contributed by atoms with Gasteiger partial charge in [-0.3, -0.25) is 4.79 Å². The van der Waals surface area contributed by atoms with E-state index in [1.165, 1.54) is 24.3 Å². The number of carboxylic acid groups (broad SMARTS) is 1. The van der Waals surface area contributed by atoms with Crippen molar-refractivity contribution in [1.82, 2.24) is 5.32 Å². The van der Waals surface area contributed by atoms with Gasteiger partial charge in [-0.2, -0.15) is 13.2 Å². The predicted molar refractivity (Wildman–Crippen MR) is 80.5 cm³/mol. The Morgan fingerprint density at radius 3 is 2.20 bits per heavy atom. The lowest BCUT2D eigenvalue weighted by Gasteiger charge is -2.25. The molecule has 25 heavy (non-hydrogen) atoms. The molecular formula is C16H18F3NO5. The second-order valence-electron chi connectivity index (χ2n) is 5.78. The van der Waals surface area contributed by atoms with E-state index in [4.69, 9.17) is 4.74 Å². The number of carbonyl (C=O) groups excluding carboxylic acids is 1. The van der Waals surface area contributed by atoms with Crippen molar-refractivity contribution in [3.8, 4) is 11.5 Å². The standard InChI is InChI=1S/C16H18F3NO5/c17-16(18,19)10-25-12-6-2-1-5-11(12)24-9-13(21)20-15(14(22)23)7-3-4-8-15/h1-2,5-6H,3-4,7-10H2,(H,20,21)(H,22,23). The minimum absolute atomic E-state index is 0.0299. The second-order valence-corrected chi connectivity index (χ2v) is 5.78.